The minimum Gasteiger partial charge on any atom is -0.494 e. The average Bonchev–Trinajstić information content (AvgIpc) is 3.75. The molecular weight excluding hydrogens is 736 g/mol. The Morgan fingerprint density at radius 1 is 0.632 bits per heavy atom. The van der Waals surface area contributed by atoms with Crippen LogP contribution >= 0.6 is 0 Å². The molecule has 0 radical (unpaired) electrons. The molecule has 4 aromatic carbocycles. The lowest BCUT2D eigenvalue weighted by atomic mass is 10.2. The Hall–Kier alpha value is -7.74. The number of aryl methyl sites for hydroxylation is 2. The molecule has 8 rings (SSSR count). The standard InChI is InChI=1S/C20H18F2N6O.C20H16FN7/c1-3-18-25-14-6-4-11(21)8-15(14)28(18)19-10-17(23)26-20(27-19)24-12-5-7-16(29-2)13(22)9-12;1-2-18-25-15-8-5-13(21)9-16(15)28(18)19-10-17(23)26-20(27-19)24-14-6-3-12(11-22)4-7-14/h4-10H,3H2,1-2H3,(H3,23,24,26,27);3-10H,2H2,1H3,(H3,23,24,26,27). The number of anilines is 6. The first-order valence-corrected chi connectivity index (χ1v) is 17.6. The molecule has 14 nitrogen and oxygen atoms in total. The largest absolute Gasteiger partial charge is 0.494 e. The number of nitriles is 1. The molecule has 57 heavy (non-hydrogen) atoms. The van der Waals surface area contributed by atoms with Crippen LogP contribution in [0.4, 0.5) is 48.1 Å². The quantitative estimate of drug-likeness (QED) is 0.112. The molecule has 0 amide bonds. The number of methoxy groups -OCH3 is 1. The summed E-state index contributed by atoms with van der Waals surface area (Å²) in [5.74, 6) is 2.17. The predicted octanol–water partition coefficient (Wildman–Crippen LogP) is 7.70. The highest BCUT2D eigenvalue weighted by Gasteiger charge is 2.17. The number of aromatic nitrogens is 8. The van der Waals surface area contributed by atoms with Crippen molar-refractivity contribution in [1.29, 1.82) is 5.26 Å². The highest BCUT2D eigenvalue weighted by molar-refractivity contribution is 5.79. The summed E-state index contributed by atoms with van der Waals surface area (Å²) >= 11 is 0. The van der Waals surface area contributed by atoms with Gasteiger partial charge in [-0.1, -0.05) is 13.8 Å². The smallest absolute Gasteiger partial charge is 0.231 e. The molecule has 0 spiro atoms. The van der Waals surface area contributed by atoms with Gasteiger partial charge < -0.3 is 26.8 Å². The molecule has 0 fully saturated rings. The van der Waals surface area contributed by atoms with Crippen molar-refractivity contribution in [2.75, 3.05) is 29.2 Å². The summed E-state index contributed by atoms with van der Waals surface area (Å²) in [6.07, 6.45) is 1.24. The van der Waals surface area contributed by atoms with E-state index in [0.29, 0.717) is 75.3 Å². The molecule has 0 unspecified atom stereocenters. The van der Waals surface area contributed by atoms with E-state index in [0.717, 1.165) is 5.82 Å². The number of rotatable bonds is 9. The van der Waals surface area contributed by atoms with E-state index in [1.54, 1.807) is 63.7 Å². The van der Waals surface area contributed by atoms with Crippen molar-refractivity contribution in [1.82, 2.24) is 39.0 Å². The first kappa shape index (κ1) is 37.6. The third-order valence-electron chi connectivity index (χ3n) is 8.61. The van der Waals surface area contributed by atoms with E-state index in [1.807, 2.05) is 13.8 Å². The van der Waals surface area contributed by atoms with Gasteiger partial charge in [-0.2, -0.15) is 25.2 Å². The fraction of sp³-hybridized carbons (Fsp3) is 0.125. The number of halogens is 3. The summed E-state index contributed by atoms with van der Waals surface area (Å²) in [5, 5.41) is 14.9. The van der Waals surface area contributed by atoms with Crippen LogP contribution < -0.4 is 26.8 Å². The number of ether oxygens (including phenoxy) is 1. The van der Waals surface area contributed by atoms with Crippen molar-refractivity contribution in [3.63, 3.8) is 0 Å². The van der Waals surface area contributed by atoms with Gasteiger partial charge in [0.15, 0.2) is 11.6 Å². The van der Waals surface area contributed by atoms with Gasteiger partial charge in [0.25, 0.3) is 0 Å². The maximum atomic E-state index is 14.0. The van der Waals surface area contributed by atoms with Gasteiger partial charge in [-0.3, -0.25) is 9.13 Å². The predicted molar refractivity (Wildman–Crippen MR) is 211 cm³/mol. The van der Waals surface area contributed by atoms with Gasteiger partial charge in [0, 0.05) is 54.5 Å². The molecule has 0 aliphatic heterocycles. The molecule has 4 heterocycles. The van der Waals surface area contributed by atoms with Gasteiger partial charge in [-0.25, -0.2) is 23.1 Å². The molecule has 286 valence electrons. The minimum absolute atomic E-state index is 0.129. The number of benzene rings is 4. The Morgan fingerprint density at radius 3 is 1.58 bits per heavy atom. The number of nitrogens with one attached hydrogen (secondary N) is 2. The lowest BCUT2D eigenvalue weighted by molar-refractivity contribution is 0.386. The van der Waals surface area contributed by atoms with Crippen molar-refractivity contribution in [3.05, 3.63) is 126 Å². The van der Waals surface area contributed by atoms with E-state index in [9.17, 15) is 13.2 Å². The second-order valence-electron chi connectivity index (χ2n) is 12.4. The zero-order chi connectivity index (χ0) is 40.2. The fourth-order valence-corrected chi connectivity index (χ4v) is 6.06. The normalized spacial score (nSPS) is 10.9. The monoisotopic (exact) mass is 769 g/mol. The molecule has 0 aliphatic rings. The zero-order valence-electron chi connectivity index (χ0n) is 30.8. The minimum atomic E-state index is -0.522. The number of hydrogen-bond donors (Lipinski definition) is 4. The van der Waals surface area contributed by atoms with Crippen LogP contribution in [0.5, 0.6) is 5.75 Å². The maximum absolute atomic E-state index is 14.0. The van der Waals surface area contributed by atoms with Crippen molar-refractivity contribution < 1.29 is 17.9 Å². The van der Waals surface area contributed by atoms with Gasteiger partial charge in [0.1, 0.15) is 46.6 Å². The third kappa shape index (κ3) is 8.05. The Balaban J connectivity index is 0.000000174. The number of hydrogen-bond acceptors (Lipinski definition) is 12. The van der Waals surface area contributed by atoms with E-state index in [1.165, 1.54) is 43.5 Å². The summed E-state index contributed by atoms with van der Waals surface area (Å²) in [7, 11) is 1.39. The van der Waals surface area contributed by atoms with E-state index >= 15 is 0 Å². The van der Waals surface area contributed by atoms with Gasteiger partial charge in [0.2, 0.25) is 11.9 Å². The molecule has 0 bridgehead atoms. The van der Waals surface area contributed by atoms with Crippen LogP contribution in [0.1, 0.15) is 31.1 Å². The number of imidazole rings is 2. The fourth-order valence-electron chi connectivity index (χ4n) is 6.06. The zero-order valence-corrected chi connectivity index (χ0v) is 30.8. The highest BCUT2D eigenvalue weighted by atomic mass is 19.1. The van der Waals surface area contributed by atoms with Gasteiger partial charge >= 0.3 is 0 Å². The van der Waals surface area contributed by atoms with Crippen LogP contribution in [-0.4, -0.2) is 46.1 Å². The Bertz CT molecular complexity index is 2800. The topological polar surface area (TPSA) is 196 Å². The highest BCUT2D eigenvalue weighted by Crippen LogP contribution is 2.27. The van der Waals surface area contributed by atoms with Crippen LogP contribution in [-0.2, 0) is 12.8 Å². The molecule has 4 aromatic heterocycles. The lowest BCUT2D eigenvalue weighted by Gasteiger charge is -2.12. The second-order valence-corrected chi connectivity index (χ2v) is 12.4. The van der Waals surface area contributed by atoms with Crippen LogP contribution in [0.3, 0.4) is 0 Å². The first-order valence-electron chi connectivity index (χ1n) is 17.6. The second kappa shape index (κ2) is 15.9. The summed E-state index contributed by atoms with van der Waals surface area (Å²) in [6.45, 7) is 3.91. The lowest BCUT2D eigenvalue weighted by Crippen LogP contribution is -2.08. The Kier molecular flexibility index (Phi) is 10.5. The molecule has 0 atom stereocenters. The summed E-state index contributed by atoms with van der Waals surface area (Å²) in [6, 6.07) is 25.4. The van der Waals surface area contributed by atoms with Crippen LogP contribution in [0, 0.1) is 28.8 Å². The van der Waals surface area contributed by atoms with Gasteiger partial charge in [0.05, 0.1) is 40.8 Å². The van der Waals surface area contributed by atoms with Gasteiger partial charge in [-0.15, -0.1) is 0 Å². The summed E-state index contributed by atoms with van der Waals surface area (Å²) < 4.78 is 50.1. The molecule has 6 N–H and O–H groups in total. The summed E-state index contributed by atoms with van der Waals surface area (Å²) in [4.78, 5) is 26.5. The Morgan fingerprint density at radius 2 is 1.12 bits per heavy atom. The molecular formula is C40H34F3N13O. The number of fused-ring (bicyclic) bond motifs is 2. The molecule has 0 saturated heterocycles. The molecule has 0 saturated carbocycles. The summed E-state index contributed by atoms with van der Waals surface area (Å²) in [5.41, 5.74) is 16.2. The van der Waals surface area contributed by atoms with Crippen LogP contribution in [0.25, 0.3) is 33.7 Å². The Labute approximate surface area is 323 Å². The van der Waals surface area contributed by atoms with Crippen molar-refractivity contribution in [2.24, 2.45) is 0 Å². The maximum Gasteiger partial charge on any atom is 0.231 e. The van der Waals surface area contributed by atoms with Crippen LogP contribution in [0.15, 0.2) is 91.0 Å². The van der Waals surface area contributed by atoms with E-state index < -0.39 is 5.82 Å². The van der Waals surface area contributed by atoms with Crippen molar-refractivity contribution in [2.45, 2.75) is 26.7 Å². The van der Waals surface area contributed by atoms with Crippen molar-refractivity contribution in [3.8, 4) is 23.5 Å². The SMILES string of the molecule is CCc1nc2ccc(F)cc2n1-c1cc(N)nc(Nc2ccc(C#N)cc2)n1.CCc1nc2ccc(F)cc2n1-c1cc(N)nc(Nc2ccc(OC)c(F)c2)n1. The van der Waals surface area contributed by atoms with Crippen molar-refractivity contribution >= 4 is 57.0 Å². The first-order chi connectivity index (χ1) is 27.5. The number of nitrogen functional groups attached to an aromatic ring is 2. The van der Waals surface area contributed by atoms with E-state index in [-0.39, 0.29) is 35.0 Å². The van der Waals surface area contributed by atoms with E-state index in [4.69, 9.17) is 21.5 Å². The average molecular weight is 770 g/mol. The number of nitrogens with two attached hydrogens (primary N) is 2. The molecule has 17 heteroatoms. The van der Waals surface area contributed by atoms with Crippen LogP contribution in [0.2, 0.25) is 0 Å². The molecule has 8 aromatic rings. The van der Waals surface area contributed by atoms with E-state index in [2.05, 4.69) is 46.6 Å². The third-order valence-corrected chi connectivity index (χ3v) is 8.61. The number of nitrogens with zero attached hydrogens (tertiary/aromatic N) is 9. The molecule has 0 aliphatic carbocycles. The van der Waals surface area contributed by atoms with Gasteiger partial charge in [-0.05, 0) is 60.7 Å².